The number of methoxy groups -OCH3 is 1. The van der Waals surface area contributed by atoms with Crippen LogP contribution in [-0.4, -0.2) is 18.0 Å². The second-order valence-electron chi connectivity index (χ2n) is 3.74. The Morgan fingerprint density at radius 1 is 1.42 bits per heavy atom. The van der Waals surface area contributed by atoms with Gasteiger partial charge in [0.1, 0.15) is 5.75 Å². The fourth-order valence-electron chi connectivity index (χ4n) is 1.53. The van der Waals surface area contributed by atoms with E-state index in [9.17, 15) is 9.18 Å². The maximum Gasteiger partial charge on any atom is 0.258 e. The highest BCUT2D eigenvalue weighted by Gasteiger charge is 2.14. The highest BCUT2D eigenvalue weighted by atomic mass is 19.1. The topological polar surface area (TPSA) is 77.2 Å². The Bertz CT molecular complexity index is 617. The highest BCUT2D eigenvalue weighted by molar-refractivity contribution is 6.04. The molecule has 1 aromatic carbocycles. The van der Waals surface area contributed by atoms with Crippen molar-refractivity contribution in [2.75, 3.05) is 18.2 Å². The van der Waals surface area contributed by atoms with Crippen LogP contribution in [0.5, 0.6) is 5.75 Å². The monoisotopic (exact) mass is 261 g/mol. The zero-order chi connectivity index (χ0) is 13.8. The van der Waals surface area contributed by atoms with E-state index in [0.717, 1.165) is 0 Å². The van der Waals surface area contributed by atoms with Crippen molar-refractivity contribution >= 4 is 17.4 Å². The number of carbonyl (C=O) groups is 1. The van der Waals surface area contributed by atoms with Gasteiger partial charge >= 0.3 is 0 Å². The Hall–Kier alpha value is -2.63. The van der Waals surface area contributed by atoms with Crippen LogP contribution in [0.1, 0.15) is 10.4 Å². The van der Waals surface area contributed by atoms with E-state index in [4.69, 9.17) is 10.5 Å². The molecule has 0 fully saturated rings. The number of rotatable bonds is 3. The van der Waals surface area contributed by atoms with E-state index in [1.807, 2.05) is 0 Å². The van der Waals surface area contributed by atoms with E-state index >= 15 is 0 Å². The van der Waals surface area contributed by atoms with Gasteiger partial charge in [0, 0.05) is 18.0 Å². The highest BCUT2D eigenvalue weighted by Crippen LogP contribution is 2.19. The van der Waals surface area contributed by atoms with Gasteiger partial charge in [0.25, 0.3) is 5.91 Å². The van der Waals surface area contributed by atoms with E-state index in [2.05, 4.69) is 10.3 Å². The molecule has 0 saturated heterocycles. The van der Waals surface area contributed by atoms with Crippen LogP contribution in [0, 0.1) is 5.82 Å². The van der Waals surface area contributed by atoms with Gasteiger partial charge in [-0.3, -0.25) is 4.79 Å². The number of nitrogens with one attached hydrogen (secondary N) is 1. The van der Waals surface area contributed by atoms with Gasteiger partial charge in [0.2, 0.25) is 0 Å². The Morgan fingerprint density at radius 2 is 2.21 bits per heavy atom. The molecule has 1 amide bonds. The Labute approximate surface area is 109 Å². The van der Waals surface area contributed by atoms with Crippen LogP contribution in [0.2, 0.25) is 0 Å². The molecule has 3 N–H and O–H groups in total. The fourth-order valence-corrected chi connectivity index (χ4v) is 1.53. The second-order valence-corrected chi connectivity index (χ2v) is 3.74. The van der Waals surface area contributed by atoms with Gasteiger partial charge in [0.05, 0.1) is 12.7 Å². The molecule has 0 atom stereocenters. The standard InChI is InChI=1S/C13H12FN3O2/c1-19-9-4-2-3-8(7-9)17-13(18)10-5-6-16-12(15)11(10)14/h2-7H,1H3,(H2,15,16)(H,17,18). The normalized spacial score (nSPS) is 10.0. The first-order valence-electron chi connectivity index (χ1n) is 5.47. The lowest BCUT2D eigenvalue weighted by Gasteiger charge is -2.08. The minimum Gasteiger partial charge on any atom is -0.497 e. The molecule has 1 aromatic heterocycles. The van der Waals surface area contributed by atoms with Gasteiger partial charge in [0.15, 0.2) is 11.6 Å². The zero-order valence-corrected chi connectivity index (χ0v) is 10.2. The molecule has 0 aliphatic carbocycles. The number of ether oxygens (including phenoxy) is 1. The molecule has 0 bridgehead atoms. The Kier molecular flexibility index (Phi) is 3.61. The predicted octanol–water partition coefficient (Wildman–Crippen LogP) is 2.06. The summed E-state index contributed by atoms with van der Waals surface area (Å²) in [6.07, 6.45) is 1.28. The van der Waals surface area contributed by atoms with Crippen molar-refractivity contribution < 1.29 is 13.9 Å². The number of carbonyl (C=O) groups excluding carboxylic acids is 1. The molecule has 5 nitrogen and oxygen atoms in total. The van der Waals surface area contributed by atoms with Crippen LogP contribution in [-0.2, 0) is 0 Å². The third-order valence-corrected chi connectivity index (χ3v) is 2.49. The minimum absolute atomic E-state index is 0.157. The van der Waals surface area contributed by atoms with Gasteiger partial charge in [-0.2, -0.15) is 0 Å². The summed E-state index contributed by atoms with van der Waals surface area (Å²) in [7, 11) is 1.52. The largest absolute Gasteiger partial charge is 0.497 e. The van der Waals surface area contributed by atoms with E-state index in [0.29, 0.717) is 11.4 Å². The quantitative estimate of drug-likeness (QED) is 0.886. The van der Waals surface area contributed by atoms with E-state index in [-0.39, 0.29) is 11.4 Å². The fraction of sp³-hybridized carbons (Fsp3) is 0.0769. The maximum absolute atomic E-state index is 13.6. The van der Waals surface area contributed by atoms with Crippen molar-refractivity contribution in [1.29, 1.82) is 0 Å². The number of hydrogen-bond acceptors (Lipinski definition) is 4. The number of amides is 1. The van der Waals surface area contributed by atoms with Crippen LogP contribution in [0.25, 0.3) is 0 Å². The number of nitrogens with two attached hydrogens (primary N) is 1. The number of hydrogen-bond donors (Lipinski definition) is 2. The van der Waals surface area contributed by atoms with Crippen molar-refractivity contribution in [2.24, 2.45) is 0 Å². The van der Waals surface area contributed by atoms with E-state index in [1.54, 1.807) is 24.3 Å². The lowest BCUT2D eigenvalue weighted by molar-refractivity contribution is 0.102. The number of nitrogens with zero attached hydrogens (tertiary/aromatic N) is 1. The van der Waals surface area contributed by atoms with Crippen molar-refractivity contribution in [1.82, 2.24) is 4.98 Å². The molecule has 0 saturated carbocycles. The van der Waals surface area contributed by atoms with Crippen molar-refractivity contribution in [3.05, 3.63) is 47.9 Å². The van der Waals surface area contributed by atoms with Gasteiger partial charge in [-0.25, -0.2) is 9.37 Å². The number of nitrogen functional groups attached to an aromatic ring is 1. The van der Waals surface area contributed by atoms with Gasteiger partial charge in [-0.1, -0.05) is 6.07 Å². The summed E-state index contributed by atoms with van der Waals surface area (Å²) < 4.78 is 18.7. The third kappa shape index (κ3) is 2.79. The van der Waals surface area contributed by atoms with E-state index < -0.39 is 11.7 Å². The molecule has 2 aromatic rings. The lowest BCUT2D eigenvalue weighted by atomic mass is 10.2. The summed E-state index contributed by atoms with van der Waals surface area (Å²) in [6.45, 7) is 0. The molecule has 0 aliphatic heterocycles. The molecule has 2 rings (SSSR count). The second kappa shape index (κ2) is 5.34. The van der Waals surface area contributed by atoms with Gasteiger partial charge < -0.3 is 15.8 Å². The lowest BCUT2D eigenvalue weighted by Crippen LogP contribution is -2.15. The molecule has 1 heterocycles. The summed E-state index contributed by atoms with van der Waals surface area (Å²) in [5, 5.41) is 2.56. The third-order valence-electron chi connectivity index (χ3n) is 2.49. The summed E-state index contributed by atoms with van der Waals surface area (Å²) in [5.74, 6) is -1.14. The first kappa shape index (κ1) is 12.8. The average Bonchev–Trinajstić information content (AvgIpc) is 2.42. The summed E-state index contributed by atoms with van der Waals surface area (Å²) in [6, 6.07) is 8.01. The molecular formula is C13H12FN3O2. The van der Waals surface area contributed by atoms with Crippen LogP contribution >= 0.6 is 0 Å². The number of benzene rings is 1. The van der Waals surface area contributed by atoms with Crippen molar-refractivity contribution in [3.8, 4) is 5.75 Å². The molecule has 6 heteroatoms. The van der Waals surface area contributed by atoms with Gasteiger partial charge in [-0.15, -0.1) is 0 Å². The number of halogens is 1. The van der Waals surface area contributed by atoms with E-state index in [1.165, 1.54) is 19.4 Å². The molecule has 0 unspecified atom stereocenters. The summed E-state index contributed by atoms with van der Waals surface area (Å²) in [5.41, 5.74) is 5.65. The molecule has 98 valence electrons. The first-order chi connectivity index (χ1) is 9.11. The number of pyridine rings is 1. The Morgan fingerprint density at radius 3 is 2.95 bits per heavy atom. The molecule has 19 heavy (non-hydrogen) atoms. The summed E-state index contributed by atoms with van der Waals surface area (Å²) in [4.78, 5) is 15.5. The first-order valence-corrected chi connectivity index (χ1v) is 5.47. The zero-order valence-electron chi connectivity index (χ0n) is 10.2. The van der Waals surface area contributed by atoms with Crippen LogP contribution in [0.4, 0.5) is 15.9 Å². The van der Waals surface area contributed by atoms with Crippen LogP contribution in [0.3, 0.4) is 0 Å². The van der Waals surface area contributed by atoms with Crippen molar-refractivity contribution in [2.45, 2.75) is 0 Å². The number of aromatic nitrogens is 1. The summed E-state index contributed by atoms with van der Waals surface area (Å²) >= 11 is 0. The molecule has 0 radical (unpaired) electrons. The van der Waals surface area contributed by atoms with Gasteiger partial charge in [-0.05, 0) is 18.2 Å². The molecule has 0 aliphatic rings. The van der Waals surface area contributed by atoms with Crippen LogP contribution in [0.15, 0.2) is 36.5 Å². The minimum atomic E-state index is -0.831. The molecular weight excluding hydrogens is 249 g/mol. The maximum atomic E-state index is 13.6. The molecule has 0 spiro atoms. The smallest absolute Gasteiger partial charge is 0.258 e. The van der Waals surface area contributed by atoms with Crippen LogP contribution < -0.4 is 15.8 Å². The predicted molar refractivity (Wildman–Crippen MR) is 69.6 cm³/mol. The average molecular weight is 261 g/mol. The number of anilines is 2. The van der Waals surface area contributed by atoms with Crippen molar-refractivity contribution in [3.63, 3.8) is 0 Å². The Balaban J connectivity index is 2.23. The SMILES string of the molecule is COc1cccc(NC(=O)c2ccnc(N)c2F)c1.